The van der Waals surface area contributed by atoms with Crippen molar-refractivity contribution in [3.05, 3.63) is 56.0 Å². The van der Waals surface area contributed by atoms with Crippen LogP contribution >= 0.6 is 46.4 Å². The summed E-state index contributed by atoms with van der Waals surface area (Å²) in [5, 5.41) is 10.4. The number of carboxylic acids is 1. The smallest absolute Gasteiger partial charge is 0.335 e. The SMILES string of the molecule is O=C(O)c1ccc(Cl)c(-c2cc(Cl)c(Cl)cc2Cl)c1. The Morgan fingerprint density at radius 2 is 1.37 bits per heavy atom. The van der Waals surface area contributed by atoms with Crippen LogP contribution in [0.2, 0.25) is 20.1 Å². The van der Waals surface area contributed by atoms with Gasteiger partial charge in [0, 0.05) is 16.1 Å². The van der Waals surface area contributed by atoms with Crippen LogP contribution in [-0.2, 0) is 0 Å². The molecule has 0 fully saturated rings. The lowest BCUT2D eigenvalue weighted by molar-refractivity contribution is 0.0697. The number of carboxylic acid groups (broad SMARTS) is 1. The molecule has 6 heteroatoms. The molecule has 0 saturated heterocycles. The van der Waals surface area contributed by atoms with Gasteiger partial charge in [0.2, 0.25) is 0 Å². The average molecular weight is 336 g/mol. The number of aromatic carboxylic acids is 1. The maximum absolute atomic E-state index is 11.0. The van der Waals surface area contributed by atoms with E-state index in [2.05, 4.69) is 0 Å². The largest absolute Gasteiger partial charge is 0.478 e. The Morgan fingerprint density at radius 1 is 0.789 bits per heavy atom. The molecule has 0 aliphatic rings. The predicted molar refractivity (Wildman–Crippen MR) is 78.9 cm³/mol. The fraction of sp³-hybridized carbons (Fsp3) is 0. The van der Waals surface area contributed by atoms with E-state index in [4.69, 9.17) is 51.5 Å². The van der Waals surface area contributed by atoms with Gasteiger partial charge in [-0.2, -0.15) is 0 Å². The lowest BCUT2D eigenvalue weighted by atomic mass is 10.0. The lowest BCUT2D eigenvalue weighted by Gasteiger charge is -2.09. The van der Waals surface area contributed by atoms with Crippen molar-refractivity contribution in [3.8, 4) is 11.1 Å². The number of benzene rings is 2. The maximum Gasteiger partial charge on any atom is 0.335 e. The Kier molecular flexibility index (Phi) is 4.26. The van der Waals surface area contributed by atoms with E-state index in [0.717, 1.165) is 0 Å². The fourth-order valence-corrected chi connectivity index (χ4v) is 2.46. The Bertz CT molecular complexity index is 668. The predicted octanol–water partition coefficient (Wildman–Crippen LogP) is 5.67. The van der Waals surface area contributed by atoms with Crippen molar-refractivity contribution in [2.24, 2.45) is 0 Å². The van der Waals surface area contributed by atoms with Crippen molar-refractivity contribution >= 4 is 52.4 Å². The van der Waals surface area contributed by atoms with E-state index in [1.807, 2.05) is 0 Å². The molecule has 0 unspecified atom stereocenters. The molecule has 1 N–H and O–H groups in total. The van der Waals surface area contributed by atoms with Crippen molar-refractivity contribution in [1.29, 1.82) is 0 Å². The Morgan fingerprint density at radius 3 is 2.00 bits per heavy atom. The van der Waals surface area contributed by atoms with Crippen molar-refractivity contribution in [2.45, 2.75) is 0 Å². The highest BCUT2D eigenvalue weighted by Gasteiger charge is 2.13. The van der Waals surface area contributed by atoms with Crippen LogP contribution in [0.3, 0.4) is 0 Å². The van der Waals surface area contributed by atoms with Crippen LogP contribution in [0.1, 0.15) is 10.4 Å². The molecule has 0 aliphatic carbocycles. The van der Waals surface area contributed by atoms with Gasteiger partial charge in [-0.1, -0.05) is 46.4 Å². The molecule has 19 heavy (non-hydrogen) atoms. The zero-order valence-electron chi connectivity index (χ0n) is 9.25. The molecule has 2 aromatic carbocycles. The van der Waals surface area contributed by atoms with Gasteiger partial charge < -0.3 is 5.11 Å². The molecule has 98 valence electrons. The Labute approximate surface area is 129 Å². The zero-order chi connectivity index (χ0) is 14.2. The van der Waals surface area contributed by atoms with Gasteiger partial charge in [-0.25, -0.2) is 4.79 Å². The van der Waals surface area contributed by atoms with Crippen LogP contribution in [0.15, 0.2) is 30.3 Å². The second-order valence-corrected chi connectivity index (χ2v) is 5.37. The monoisotopic (exact) mass is 334 g/mol. The molecule has 0 spiro atoms. The molecule has 2 rings (SSSR count). The molecule has 0 radical (unpaired) electrons. The first-order valence-corrected chi connectivity index (χ1v) is 6.59. The molecule has 0 atom stereocenters. The summed E-state index contributed by atoms with van der Waals surface area (Å²) in [6, 6.07) is 7.40. The van der Waals surface area contributed by atoms with Gasteiger partial charge in [0.1, 0.15) is 0 Å². The summed E-state index contributed by atoms with van der Waals surface area (Å²) >= 11 is 24.0. The first-order valence-electron chi connectivity index (χ1n) is 5.08. The van der Waals surface area contributed by atoms with Crippen LogP contribution in [0.25, 0.3) is 11.1 Å². The fourth-order valence-electron chi connectivity index (χ4n) is 1.59. The van der Waals surface area contributed by atoms with Crippen LogP contribution in [-0.4, -0.2) is 11.1 Å². The van der Waals surface area contributed by atoms with E-state index in [9.17, 15) is 4.79 Å². The zero-order valence-corrected chi connectivity index (χ0v) is 12.3. The van der Waals surface area contributed by atoms with Crippen molar-refractivity contribution in [3.63, 3.8) is 0 Å². The van der Waals surface area contributed by atoms with E-state index in [-0.39, 0.29) is 5.56 Å². The van der Waals surface area contributed by atoms with Gasteiger partial charge in [0.25, 0.3) is 0 Å². The summed E-state index contributed by atoms with van der Waals surface area (Å²) in [7, 11) is 0. The molecule has 0 heterocycles. The summed E-state index contributed by atoms with van der Waals surface area (Å²) in [5.41, 5.74) is 1.14. The number of hydrogen-bond acceptors (Lipinski definition) is 1. The number of carbonyl (C=O) groups is 1. The minimum absolute atomic E-state index is 0.113. The van der Waals surface area contributed by atoms with E-state index >= 15 is 0 Å². The molecule has 0 aromatic heterocycles. The molecular formula is C13H6Cl4O2. The van der Waals surface area contributed by atoms with Gasteiger partial charge in [-0.15, -0.1) is 0 Å². The van der Waals surface area contributed by atoms with Crippen molar-refractivity contribution in [2.75, 3.05) is 0 Å². The first-order chi connectivity index (χ1) is 8.90. The minimum atomic E-state index is -1.05. The highest BCUT2D eigenvalue weighted by Crippen LogP contribution is 2.38. The van der Waals surface area contributed by atoms with Gasteiger partial charge in [-0.05, 0) is 30.3 Å². The molecule has 0 saturated carbocycles. The molecular weight excluding hydrogens is 330 g/mol. The van der Waals surface area contributed by atoms with Crippen LogP contribution in [0.4, 0.5) is 0 Å². The third-order valence-electron chi connectivity index (χ3n) is 2.51. The standard InChI is InChI=1S/C13H6Cl4O2/c14-9-2-1-6(13(18)19)3-7(9)8-4-11(16)12(17)5-10(8)15/h1-5H,(H,18,19). The average Bonchev–Trinajstić information content (AvgIpc) is 2.34. The second kappa shape index (κ2) is 5.59. The van der Waals surface area contributed by atoms with Gasteiger partial charge in [0.05, 0.1) is 20.6 Å². The van der Waals surface area contributed by atoms with Gasteiger partial charge in [0.15, 0.2) is 0 Å². The van der Waals surface area contributed by atoms with Gasteiger partial charge >= 0.3 is 5.97 Å². The Balaban J connectivity index is 2.67. The van der Waals surface area contributed by atoms with Crippen LogP contribution < -0.4 is 0 Å². The van der Waals surface area contributed by atoms with Crippen LogP contribution in [0, 0.1) is 0 Å². The Hall–Kier alpha value is -0.930. The molecule has 0 amide bonds. The molecule has 0 aliphatic heterocycles. The third kappa shape index (κ3) is 2.98. The molecule has 2 aromatic rings. The van der Waals surface area contributed by atoms with E-state index in [1.54, 1.807) is 6.07 Å². The quantitative estimate of drug-likeness (QED) is 0.718. The normalized spacial score (nSPS) is 10.5. The third-order valence-corrected chi connectivity index (χ3v) is 3.88. The first kappa shape index (κ1) is 14.5. The topological polar surface area (TPSA) is 37.3 Å². The lowest BCUT2D eigenvalue weighted by Crippen LogP contribution is -1.96. The van der Waals surface area contributed by atoms with Crippen LogP contribution in [0.5, 0.6) is 0 Å². The molecule has 0 bridgehead atoms. The number of hydrogen-bond donors (Lipinski definition) is 1. The van der Waals surface area contributed by atoms with E-state index in [1.165, 1.54) is 24.3 Å². The summed E-state index contributed by atoms with van der Waals surface area (Å²) in [6.45, 7) is 0. The minimum Gasteiger partial charge on any atom is -0.478 e. The van der Waals surface area contributed by atoms with Gasteiger partial charge in [-0.3, -0.25) is 0 Å². The highest BCUT2D eigenvalue weighted by atomic mass is 35.5. The maximum atomic E-state index is 11.0. The van der Waals surface area contributed by atoms with E-state index in [0.29, 0.717) is 31.2 Å². The van der Waals surface area contributed by atoms with Crippen molar-refractivity contribution < 1.29 is 9.90 Å². The summed E-state index contributed by atoms with van der Waals surface area (Å²) in [5.74, 6) is -1.05. The number of rotatable bonds is 2. The molecule has 2 nitrogen and oxygen atoms in total. The second-order valence-electron chi connectivity index (χ2n) is 3.75. The highest BCUT2D eigenvalue weighted by molar-refractivity contribution is 6.44. The van der Waals surface area contributed by atoms with Crippen molar-refractivity contribution in [1.82, 2.24) is 0 Å². The number of halogens is 4. The summed E-state index contributed by atoms with van der Waals surface area (Å²) < 4.78 is 0. The summed E-state index contributed by atoms with van der Waals surface area (Å²) in [4.78, 5) is 11.0. The summed E-state index contributed by atoms with van der Waals surface area (Å²) in [6.07, 6.45) is 0. The van der Waals surface area contributed by atoms with E-state index < -0.39 is 5.97 Å².